The normalized spacial score (nSPS) is 12.6. The Morgan fingerprint density at radius 2 is 1.22 bits per heavy atom. The predicted octanol–water partition coefficient (Wildman–Crippen LogP) is 2.81. The molecule has 41 heavy (non-hydrogen) atoms. The smallest absolute Gasteiger partial charge is 0.339 e. The minimum absolute atomic E-state index is 0.0124. The summed E-state index contributed by atoms with van der Waals surface area (Å²) in [7, 11) is -9.38. The monoisotopic (exact) mass is 599 g/mol. The van der Waals surface area contributed by atoms with Gasteiger partial charge in [-0.25, -0.2) is 26.4 Å². The Balaban J connectivity index is 1.68. The highest BCUT2D eigenvalue weighted by Crippen LogP contribution is 2.42. The SMILES string of the molecule is O=C(O)c1cc(NS(=O)(=O)c2cc(S(=O)(=O)Nc3ccc(O)c(C(=O)O)c3)c3cccc4c3c2NC4=O)ccc1O. The standard InChI is InChI=1S/C25H17N3O11S2/c29-17-6-4-11(8-15(17)24(32)33)27-40(36,37)19-10-20(22-21-13(19)2-1-3-14(21)23(31)26-22)41(38,39)28-12-5-7-18(30)16(9-12)25(34)35/h1-10,27-30H,(H,26,31)(H,32,33)(H,34,35). The lowest BCUT2D eigenvalue weighted by Crippen LogP contribution is -2.18. The molecule has 210 valence electrons. The summed E-state index contributed by atoms with van der Waals surface area (Å²) in [5.41, 5.74) is -1.97. The second kappa shape index (κ2) is 9.39. The summed E-state index contributed by atoms with van der Waals surface area (Å²) in [5, 5.41) is 40.4. The Kier molecular flexibility index (Phi) is 6.23. The van der Waals surface area contributed by atoms with Crippen molar-refractivity contribution in [2.45, 2.75) is 9.79 Å². The first kappa shape index (κ1) is 27.2. The van der Waals surface area contributed by atoms with Crippen molar-refractivity contribution in [3.05, 3.63) is 77.4 Å². The van der Waals surface area contributed by atoms with Crippen molar-refractivity contribution >= 4 is 65.7 Å². The summed E-state index contributed by atoms with van der Waals surface area (Å²) in [4.78, 5) is 34.2. The maximum Gasteiger partial charge on any atom is 0.339 e. The van der Waals surface area contributed by atoms with Gasteiger partial charge in [0.2, 0.25) is 0 Å². The molecule has 1 aliphatic rings. The minimum atomic E-state index is -4.71. The van der Waals surface area contributed by atoms with E-state index in [1.807, 2.05) is 0 Å². The Hall–Kier alpha value is -5.35. The van der Waals surface area contributed by atoms with Crippen LogP contribution in [0.4, 0.5) is 17.1 Å². The van der Waals surface area contributed by atoms with Gasteiger partial charge in [-0.1, -0.05) is 12.1 Å². The Morgan fingerprint density at radius 1 is 0.707 bits per heavy atom. The molecule has 0 aromatic heterocycles. The van der Waals surface area contributed by atoms with Crippen LogP contribution in [-0.2, 0) is 20.0 Å². The third-order valence-electron chi connectivity index (χ3n) is 6.11. The number of anilines is 3. The van der Waals surface area contributed by atoms with E-state index in [-0.39, 0.29) is 33.4 Å². The molecule has 4 aromatic rings. The molecule has 16 heteroatoms. The lowest BCUT2D eigenvalue weighted by molar-refractivity contribution is 0.0682. The highest BCUT2D eigenvalue weighted by Gasteiger charge is 2.34. The molecule has 0 radical (unpaired) electrons. The Bertz CT molecular complexity index is 2060. The highest BCUT2D eigenvalue weighted by molar-refractivity contribution is 7.93. The van der Waals surface area contributed by atoms with Gasteiger partial charge in [-0.3, -0.25) is 14.2 Å². The molecule has 0 saturated carbocycles. The molecule has 0 bridgehead atoms. The Morgan fingerprint density at radius 3 is 1.73 bits per heavy atom. The minimum Gasteiger partial charge on any atom is -0.507 e. The van der Waals surface area contributed by atoms with E-state index in [4.69, 9.17) is 0 Å². The molecule has 0 aliphatic carbocycles. The lowest BCUT2D eigenvalue weighted by Gasteiger charge is -2.16. The first-order chi connectivity index (χ1) is 19.2. The summed E-state index contributed by atoms with van der Waals surface area (Å²) < 4.78 is 58.5. The van der Waals surface area contributed by atoms with Crippen molar-refractivity contribution < 1.29 is 51.6 Å². The number of carboxylic acid groups (broad SMARTS) is 2. The molecule has 0 fully saturated rings. The van der Waals surface area contributed by atoms with Crippen LogP contribution in [0.3, 0.4) is 0 Å². The first-order valence-corrected chi connectivity index (χ1v) is 14.3. The summed E-state index contributed by atoms with van der Waals surface area (Å²) in [6.07, 6.45) is 0. The topological polar surface area (TPSA) is 236 Å². The molecule has 1 amide bonds. The second-order valence-electron chi connectivity index (χ2n) is 8.72. The Labute approximate surface area is 230 Å². The number of aromatic carboxylic acids is 2. The van der Waals surface area contributed by atoms with Crippen LogP contribution in [0.2, 0.25) is 0 Å². The second-order valence-corrected chi connectivity index (χ2v) is 12.0. The molecule has 4 aromatic carbocycles. The van der Waals surface area contributed by atoms with E-state index in [9.17, 15) is 51.6 Å². The summed E-state index contributed by atoms with van der Waals surface area (Å²) >= 11 is 0. The van der Waals surface area contributed by atoms with Crippen LogP contribution >= 0.6 is 0 Å². The van der Waals surface area contributed by atoms with Crippen LogP contribution in [0.5, 0.6) is 11.5 Å². The lowest BCUT2D eigenvalue weighted by atomic mass is 10.1. The van der Waals surface area contributed by atoms with Crippen molar-refractivity contribution in [2.24, 2.45) is 0 Å². The van der Waals surface area contributed by atoms with Gasteiger partial charge in [-0.05, 0) is 48.5 Å². The summed E-state index contributed by atoms with van der Waals surface area (Å²) in [6.45, 7) is 0. The molecular weight excluding hydrogens is 582 g/mol. The quantitative estimate of drug-likeness (QED) is 0.145. The number of aromatic hydroxyl groups is 2. The number of nitrogens with one attached hydrogen (secondary N) is 3. The van der Waals surface area contributed by atoms with Crippen molar-refractivity contribution in [3.8, 4) is 11.5 Å². The fraction of sp³-hybridized carbons (Fsp3) is 0. The summed E-state index contributed by atoms with van der Waals surface area (Å²) in [5.74, 6) is -5.01. The number of carbonyl (C=O) groups excluding carboxylic acids is 1. The van der Waals surface area contributed by atoms with Gasteiger partial charge in [-0.15, -0.1) is 0 Å². The van der Waals surface area contributed by atoms with Crippen LogP contribution in [0.1, 0.15) is 31.1 Å². The number of carbonyl (C=O) groups is 3. The van der Waals surface area contributed by atoms with Crippen LogP contribution in [0.25, 0.3) is 10.8 Å². The molecule has 14 nitrogen and oxygen atoms in total. The number of sulfonamides is 2. The number of rotatable bonds is 8. The summed E-state index contributed by atoms with van der Waals surface area (Å²) in [6, 6.07) is 10.7. The first-order valence-electron chi connectivity index (χ1n) is 11.3. The third kappa shape index (κ3) is 4.70. The molecule has 7 N–H and O–H groups in total. The van der Waals surface area contributed by atoms with E-state index < -0.39 is 70.3 Å². The van der Waals surface area contributed by atoms with Crippen LogP contribution < -0.4 is 14.8 Å². The van der Waals surface area contributed by atoms with Gasteiger partial charge in [-0.2, -0.15) is 0 Å². The van der Waals surface area contributed by atoms with E-state index in [0.717, 1.165) is 42.5 Å². The molecular formula is C25H17N3O11S2. The maximum absolute atomic E-state index is 13.6. The number of phenols is 2. The van der Waals surface area contributed by atoms with E-state index in [0.29, 0.717) is 0 Å². The van der Waals surface area contributed by atoms with E-state index >= 15 is 0 Å². The zero-order valence-corrected chi connectivity index (χ0v) is 21.9. The zero-order valence-electron chi connectivity index (χ0n) is 20.2. The van der Waals surface area contributed by atoms with Crippen LogP contribution in [-0.4, -0.2) is 55.1 Å². The van der Waals surface area contributed by atoms with E-state index in [2.05, 4.69) is 14.8 Å². The maximum atomic E-state index is 13.6. The largest absolute Gasteiger partial charge is 0.507 e. The molecule has 0 spiro atoms. The van der Waals surface area contributed by atoms with Gasteiger partial charge in [0.05, 0.1) is 10.6 Å². The van der Waals surface area contributed by atoms with Crippen molar-refractivity contribution in [1.82, 2.24) is 0 Å². The predicted molar refractivity (Wildman–Crippen MR) is 144 cm³/mol. The van der Waals surface area contributed by atoms with Crippen LogP contribution in [0, 0.1) is 0 Å². The highest BCUT2D eigenvalue weighted by atomic mass is 32.2. The van der Waals surface area contributed by atoms with E-state index in [1.165, 1.54) is 18.2 Å². The number of amides is 1. The fourth-order valence-corrected chi connectivity index (χ4v) is 6.91. The average Bonchev–Trinajstić information content (AvgIpc) is 3.23. The molecule has 1 aliphatic heterocycles. The van der Waals surface area contributed by atoms with Gasteiger partial charge >= 0.3 is 11.9 Å². The van der Waals surface area contributed by atoms with Crippen molar-refractivity contribution in [2.75, 3.05) is 14.8 Å². The average molecular weight is 600 g/mol. The molecule has 1 heterocycles. The van der Waals surface area contributed by atoms with Gasteiger partial charge < -0.3 is 25.7 Å². The zero-order chi connectivity index (χ0) is 29.9. The van der Waals surface area contributed by atoms with Gasteiger partial charge in [0, 0.05) is 27.7 Å². The van der Waals surface area contributed by atoms with Gasteiger partial charge in [0.25, 0.3) is 26.0 Å². The van der Waals surface area contributed by atoms with E-state index in [1.54, 1.807) is 0 Å². The van der Waals surface area contributed by atoms with Gasteiger partial charge in [0.15, 0.2) is 0 Å². The molecule has 5 rings (SSSR count). The number of hydrogen-bond acceptors (Lipinski definition) is 9. The number of benzene rings is 4. The molecule has 0 saturated heterocycles. The van der Waals surface area contributed by atoms with Crippen molar-refractivity contribution in [3.63, 3.8) is 0 Å². The fourth-order valence-electron chi connectivity index (χ4n) is 4.31. The van der Waals surface area contributed by atoms with Crippen molar-refractivity contribution in [1.29, 1.82) is 0 Å². The molecule has 0 atom stereocenters. The number of carboxylic acids is 2. The van der Waals surface area contributed by atoms with Gasteiger partial charge in [0.1, 0.15) is 27.5 Å². The van der Waals surface area contributed by atoms with Crippen LogP contribution in [0.15, 0.2) is 70.5 Å². The third-order valence-corrected chi connectivity index (χ3v) is 8.94. The molecule has 0 unspecified atom stereocenters. The number of hydrogen-bond donors (Lipinski definition) is 7.